The van der Waals surface area contributed by atoms with Gasteiger partial charge in [-0.1, -0.05) is 110 Å². The fraction of sp³-hybridized carbons (Fsp3) is 0.769. The van der Waals surface area contributed by atoms with E-state index in [1.165, 1.54) is 102 Å². The summed E-state index contributed by atoms with van der Waals surface area (Å²) in [6.07, 6.45) is 26.5. The van der Waals surface area contributed by atoms with E-state index in [1.54, 1.807) is 0 Å². The Balaban J connectivity index is 0.00000150. The zero-order chi connectivity index (χ0) is 22.3. The first-order valence-corrected chi connectivity index (χ1v) is 12.5. The minimum atomic E-state index is -0.981. The van der Waals surface area contributed by atoms with Crippen molar-refractivity contribution >= 4 is 11.8 Å². The molecule has 0 aliphatic carbocycles. The number of amidine groups is 1. The number of carbonyl (C=O) groups is 1. The summed E-state index contributed by atoms with van der Waals surface area (Å²) in [7, 11) is 0. The van der Waals surface area contributed by atoms with Crippen molar-refractivity contribution in [1.29, 1.82) is 0 Å². The third-order valence-electron chi connectivity index (χ3n) is 5.42. The van der Waals surface area contributed by atoms with Gasteiger partial charge < -0.3 is 10.4 Å². The molecule has 0 aromatic rings. The molecule has 4 nitrogen and oxygen atoms in total. The van der Waals surface area contributed by atoms with Gasteiger partial charge in [-0.3, -0.25) is 4.99 Å². The van der Waals surface area contributed by atoms with E-state index in [4.69, 9.17) is 5.11 Å². The molecule has 1 atom stereocenters. The van der Waals surface area contributed by atoms with Crippen LogP contribution in [0.2, 0.25) is 0 Å². The standard InChI is InChI=1S/C23H44N2.C3H4O2/c1-3-5-6-7-8-9-10-11-12-13-14-15-16-17-19-22(18-4-2)23-24-20-21-25-23;1-2-3(4)5/h17,19,22H,3-16,18,20-21H2,1-2H3,(H,24,25);2H,1H2,(H,4,5). The molecule has 1 rings (SSSR count). The number of nitrogens with zero attached hydrogens (tertiary/aromatic N) is 1. The summed E-state index contributed by atoms with van der Waals surface area (Å²) in [6, 6.07) is 0. The molecule has 1 aliphatic heterocycles. The largest absolute Gasteiger partial charge is 0.478 e. The first kappa shape index (κ1) is 28.4. The SMILES string of the molecule is C=CC(=O)O.CCCCCCCCCCCCCCC=CC(CCC)C1=NCCN1. The summed E-state index contributed by atoms with van der Waals surface area (Å²) in [5, 5.41) is 11.0. The van der Waals surface area contributed by atoms with Crippen LogP contribution in [-0.2, 0) is 4.79 Å². The van der Waals surface area contributed by atoms with Crippen LogP contribution in [0.25, 0.3) is 0 Å². The van der Waals surface area contributed by atoms with Gasteiger partial charge in [0.25, 0.3) is 0 Å². The molecule has 0 spiro atoms. The second-order valence-corrected chi connectivity index (χ2v) is 8.24. The fourth-order valence-electron chi connectivity index (χ4n) is 3.66. The molecule has 2 N–H and O–H groups in total. The Morgan fingerprint density at radius 3 is 1.97 bits per heavy atom. The molecule has 1 heterocycles. The monoisotopic (exact) mass is 420 g/mol. The number of carboxylic acids is 1. The summed E-state index contributed by atoms with van der Waals surface area (Å²) in [4.78, 5) is 13.8. The van der Waals surface area contributed by atoms with Crippen molar-refractivity contribution in [2.75, 3.05) is 13.1 Å². The van der Waals surface area contributed by atoms with Gasteiger partial charge in [-0.2, -0.15) is 0 Å². The Hall–Kier alpha value is -1.58. The Kier molecular flexibility index (Phi) is 20.9. The number of aliphatic carboxylic acids is 1. The summed E-state index contributed by atoms with van der Waals surface area (Å²) in [5.41, 5.74) is 0. The Bertz CT molecular complexity index is 472. The Morgan fingerprint density at radius 2 is 1.53 bits per heavy atom. The smallest absolute Gasteiger partial charge is 0.327 e. The van der Waals surface area contributed by atoms with Gasteiger partial charge in [0.1, 0.15) is 5.84 Å². The average Bonchev–Trinajstić information content (AvgIpc) is 3.28. The molecular weight excluding hydrogens is 372 g/mol. The second-order valence-electron chi connectivity index (χ2n) is 8.24. The molecule has 30 heavy (non-hydrogen) atoms. The summed E-state index contributed by atoms with van der Waals surface area (Å²) < 4.78 is 0. The highest BCUT2D eigenvalue weighted by atomic mass is 16.4. The number of hydrogen-bond donors (Lipinski definition) is 2. The molecule has 0 fully saturated rings. The Labute approximate surface area is 186 Å². The number of aliphatic imine (C=N–C) groups is 1. The molecule has 1 aliphatic rings. The first-order valence-electron chi connectivity index (χ1n) is 12.5. The topological polar surface area (TPSA) is 61.7 Å². The van der Waals surface area contributed by atoms with E-state index >= 15 is 0 Å². The molecule has 0 saturated carbocycles. The average molecular weight is 421 g/mol. The van der Waals surface area contributed by atoms with Crippen LogP contribution in [0.15, 0.2) is 29.8 Å². The lowest BCUT2D eigenvalue weighted by molar-refractivity contribution is -0.131. The van der Waals surface area contributed by atoms with E-state index in [2.05, 4.69) is 42.9 Å². The second kappa shape index (κ2) is 22.1. The van der Waals surface area contributed by atoms with E-state index < -0.39 is 5.97 Å². The van der Waals surface area contributed by atoms with Crippen molar-refractivity contribution in [3.63, 3.8) is 0 Å². The molecule has 0 bridgehead atoms. The van der Waals surface area contributed by atoms with Crippen molar-refractivity contribution < 1.29 is 9.90 Å². The molecule has 4 heteroatoms. The first-order chi connectivity index (χ1) is 14.7. The van der Waals surface area contributed by atoms with Gasteiger partial charge in [0, 0.05) is 18.5 Å². The van der Waals surface area contributed by atoms with Gasteiger partial charge in [0.2, 0.25) is 0 Å². The molecule has 1 unspecified atom stereocenters. The van der Waals surface area contributed by atoms with Crippen molar-refractivity contribution in [1.82, 2.24) is 5.32 Å². The van der Waals surface area contributed by atoms with Gasteiger partial charge in [0.15, 0.2) is 0 Å². The van der Waals surface area contributed by atoms with Crippen molar-refractivity contribution in [2.45, 2.75) is 110 Å². The molecule has 0 saturated heterocycles. The highest BCUT2D eigenvalue weighted by Crippen LogP contribution is 2.15. The van der Waals surface area contributed by atoms with Crippen LogP contribution in [0.1, 0.15) is 110 Å². The van der Waals surface area contributed by atoms with E-state index in [0.29, 0.717) is 5.92 Å². The third-order valence-corrected chi connectivity index (χ3v) is 5.42. The zero-order valence-electron chi connectivity index (χ0n) is 19.8. The van der Waals surface area contributed by atoms with E-state index in [1.807, 2.05) is 0 Å². The Morgan fingerprint density at radius 1 is 1.00 bits per heavy atom. The number of allylic oxidation sites excluding steroid dienone is 1. The summed E-state index contributed by atoms with van der Waals surface area (Å²) >= 11 is 0. The minimum Gasteiger partial charge on any atom is -0.478 e. The lowest BCUT2D eigenvalue weighted by Crippen LogP contribution is -2.25. The maximum absolute atomic E-state index is 9.25. The molecular formula is C26H48N2O2. The molecule has 0 amide bonds. The number of hydrogen-bond acceptors (Lipinski definition) is 3. The highest BCUT2D eigenvalue weighted by molar-refractivity contribution is 5.87. The summed E-state index contributed by atoms with van der Waals surface area (Å²) in [6.45, 7) is 9.51. The van der Waals surface area contributed by atoms with E-state index in [-0.39, 0.29) is 0 Å². The lowest BCUT2D eigenvalue weighted by atomic mass is 10.0. The van der Waals surface area contributed by atoms with Crippen LogP contribution in [-0.4, -0.2) is 30.0 Å². The van der Waals surface area contributed by atoms with Crippen LogP contribution in [0, 0.1) is 5.92 Å². The van der Waals surface area contributed by atoms with Crippen molar-refractivity contribution in [3.05, 3.63) is 24.8 Å². The van der Waals surface area contributed by atoms with Crippen LogP contribution >= 0.6 is 0 Å². The van der Waals surface area contributed by atoms with Gasteiger partial charge >= 0.3 is 5.97 Å². The maximum atomic E-state index is 9.25. The van der Waals surface area contributed by atoms with E-state index in [9.17, 15) is 4.79 Å². The number of unbranched alkanes of at least 4 members (excludes halogenated alkanes) is 12. The number of rotatable bonds is 18. The summed E-state index contributed by atoms with van der Waals surface area (Å²) in [5.74, 6) is 0.780. The zero-order valence-corrected chi connectivity index (χ0v) is 19.8. The molecule has 0 radical (unpaired) electrons. The molecule has 0 aromatic carbocycles. The van der Waals surface area contributed by atoms with Crippen LogP contribution in [0.4, 0.5) is 0 Å². The predicted octanol–water partition coefficient (Wildman–Crippen LogP) is 7.31. The fourth-order valence-corrected chi connectivity index (χ4v) is 3.66. The van der Waals surface area contributed by atoms with Gasteiger partial charge in [-0.15, -0.1) is 0 Å². The number of nitrogens with one attached hydrogen (secondary N) is 1. The van der Waals surface area contributed by atoms with Crippen molar-refractivity contribution in [3.8, 4) is 0 Å². The lowest BCUT2D eigenvalue weighted by Gasteiger charge is -2.12. The molecule has 174 valence electrons. The van der Waals surface area contributed by atoms with Gasteiger partial charge in [-0.05, 0) is 19.3 Å². The minimum absolute atomic E-state index is 0.532. The molecule has 0 aromatic heterocycles. The van der Waals surface area contributed by atoms with Crippen molar-refractivity contribution in [2.24, 2.45) is 10.9 Å². The van der Waals surface area contributed by atoms with Gasteiger partial charge in [-0.25, -0.2) is 4.79 Å². The normalized spacial score (nSPS) is 14.0. The predicted molar refractivity (Wildman–Crippen MR) is 131 cm³/mol. The maximum Gasteiger partial charge on any atom is 0.327 e. The van der Waals surface area contributed by atoms with Gasteiger partial charge in [0.05, 0.1) is 6.54 Å². The van der Waals surface area contributed by atoms with E-state index in [0.717, 1.165) is 19.2 Å². The highest BCUT2D eigenvalue weighted by Gasteiger charge is 2.14. The number of carboxylic acid groups (broad SMARTS) is 1. The third kappa shape index (κ3) is 18.4. The van der Waals surface area contributed by atoms with Crippen LogP contribution in [0.3, 0.4) is 0 Å². The quantitative estimate of drug-likeness (QED) is 0.139. The van der Waals surface area contributed by atoms with Crippen LogP contribution in [0.5, 0.6) is 0 Å². The van der Waals surface area contributed by atoms with Crippen LogP contribution < -0.4 is 5.32 Å².